The first kappa shape index (κ1) is 17.4. The molecule has 1 aliphatic heterocycles. The molecular weight excluding hydrogens is 344 g/mol. The zero-order valence-corrected chi connectivity index (χ0v) is 14.9. The van der Waals surface area contributed by atoms with Gasteiger partial charge in [0, 0.05) is 13.1 Å². The number of nitrogens with zero attached hydrogens (tertiary/aromatic N) is 3. The predicted molar refractivity (Wildman–Crippen MR) is 93.6 cm³/mol. The first-order valence-electron chi connectivity index (χ1n) is 7.82. The van der Waals surface area contributed by atoms with Crippen LogP contribution >= 0.6 is 0 Å². The third-order valence-corrected chi connectivity index (χ3v) is 5.20. The van der Waals surface area contributed by atoms with E-state index in [-0.39, 0.29) is 10.6 Å². The molecule has 134 valence electrons. The summed E-state index contributed by atoms with van der Waals surface area (Å²) in [5.41, 5.74) is 1.11. The molecule has 1 aliphatic rings. The molecule has 0 bridgehead atoms. The first-order chi connectivity index (χ1) is 12.0. The second-order valence-corrected chi connectivity index (χ2v) is 7.28. The van der Waals surface area contributed by atoms with Gasteiger partial charge in [-0.2, -0.15) is 0 Å². The van der Waals surface area contributed by atoms with Crippen LogP contribution in [0, 0.1) is 6.92 Å². The summed E-state index contributed by atoms with van der Waals surface area (Å²) < 4.78 is 38.2. The summed E-state index contributed by atoms with van der Waals surface area (Å²) in [6, 6.07) is 4.98. The summed E-state index contributed by atoms with van der Waals surface area (Å²) in [6.45, 7) is 4.51. The van der Waals surface area contributed by atoms with Gasteiger partial charge in [0.05, 0.1) is 38.4 Å². The maximum Gasteiger partial charge on any atom is 0.265 e. The van der Waals surface area contributed by atoms with E-state index in [0.717, 1.165) is 5.56 Å². The summed E-state index contributed by atoms with van der Waals surface area (Å²) in [5.74, 6) is 0.836. The number of aromatic nitrogens is 2. The molecule has 0 aliphatic carbocycles. The van der Waals surface area contributed by atoms with Crippen molar-refractivity contribution in [3.8, 4) is 5.75 Å². The van der Waals surface area contributed by atoms with E-state index in [0.29, 0.717) is 37.9 Å². The van der Waals surface area contributed by atoms with E-state index in [4.69, 9.17) is 9.47 Å². The Labute approximate surface area is 146 Å². The molecule has 25 heavy (non-hydrogen) atoms. The SMILES string of the molecule is COc1ccc(C)cc1S(=O)(=O)Nc1cnc(N2CCOCC2)nc1. The molecule has 0 atom stereocenters. The topological polar surface area (TPSA) is 93.7 Å². The summed E-state index contributed by atoms with van der Waals surface area (Å²) in [7, 11) is -2.37. The van der Waals surface area contributed by atoms with E-state index >= 15 is 0 Å². The number of methoxy groups -OCH3 is 1. The summed E-state index contributed by atoms with van der Waals surface area (Å²) in [5, 5.41) is 0. The van der Waals surface area contributed by atoms with Gasteiger partial charge in [-0.1, -0.05) is 6.07 Å². The smallest absolute Gasteiger partial charge is 0.265 e. The average molecular weight is 364 g/mol. The second kappa shape index (κ2) is 7.24. The average Bonchev–Trinajstić information content (AvgIpc) is 2.63. The highest BCUT2D eigenvalue weighted by Crippen LogP contribution is 2.26. The lowest BCUT2D eigenvalue weighted by molar-refractivity contribution is 0.122. The van der Waals surface area contributed by atoms with Gasteiger partial charge in [0.15, 0.2) is 0 Å². The van der Waals surface area contributed by atoms with Crippen LogP contribution in [0.25, 0.3) is 0 Å². The standard InChI is InChI=1S/C16H20N4O4S/c1-12-3-4-14(23-2)15(9-12)25(21,22)19-13-10-17-16(18-11-13)20-5-7-24-8-6-20/h3-4,9-11,19H,5-8H2,1-2H3. The first-order valence-corrected chi connectivity index (χ1v) is 9.30. The van der Waals surface area contributed by atoms with Gasteiger partial charge < -0.3 is 14.4 Å². The lowest BCUT2D eigenvalue weighted by Crippen LogP contribution is -2.37. The van der Waals surface area contributed by atoms with E-state index in [1.807, 2.05) is 11.8 Å². The number of hydrogen-bond acceptors (Lipinski definition) is 7. The summed E-state index contributed by atoms with van der Waals surface area (Å²) in [6.07, 6.45) is 2.91. The number of sulfonamides is 1. The number of benzene rings is 1. The Bertz CT molecular complexity index is 834. The fourth-order valence-corrected chi connectivity index (χ4v) is 3.79. The summed E-state index contributed by atoms with van der Waals surface area (Å²) >= 11 is 0. The molecule has 2 aromatic rings. The van der Waals surface area contributed by atoms with Gasteiger partial charge in [-0.3, -0.25) is 4.72 Å². The fourth-order valence-electron chi connectivity index (χ4n) is 2.50. The van der Waals surface area contributed by atoms with Gasteiger partial charge >= 0.3 is 0 Å². The molecular formula is C16H20N4O4S. The molecule has 0 radical (unpaired) electrons. The number of aryl methyl sites for hydroxylation is 1. The number of hydrogen-bond donors (Lipinski definition) is 1. The Morgan fingerprint density at radius 2 is 1.88 bits per heavy atom. The number of ether oxygens (including phenoxy) is 2. The van der Waals surface area contributed by atoms with Crippen LogP contribution in [0.1, 0.15) is 5.56 Å². The van der Waals surface area contributed by atoms with E-state index < -0.39 is 10.0 Å². The second-order valence-electron chi connectivity index (χ2n) is 5.63. The van der Waals surface area contributed by atoms with Gasteiger partial charge in [-0.15, -0.1) is 0 Å². The largest absolute Gasteiger partial charge is 0.495 e. The molecule has 1 N–H and O–H groups in total. The molecule has 3 rings (SSSR count). The highest BCUT2D eigenvalue weighted by Gasteiger charge is 2.21. The molecule has 0 saturated carbocycles. The van der Waals surface area contributed by atoms with Crippen molar-refractivity contribution in [1.82, 2.24) is 9.97 Å². The van der Waals surface area contributed by atoms with Crippen molar-refractivity contribution < 1.29 is 17.9 Å². The van der Waals surface area contributed by atoms with Crippen LogP contribution < -0.4 is 14.4 Å². The molecule has 0 spiro atoms. The van der Waals surface area contributed by atoms with Gasteiger partial charge in [0.2, 0.25) is 5.95 Å². The zero-order valence-electron chi connectivity index (χ0n) is 14.1. The van der Waals surface area contributed by atoms with Crippen molar-refractivity contribution in [1.29, 1.82) is 0 Å². The molecule has 2 heterocycles. The number of nitrogens with one attached hydrogen (secondary N) is 1. The van der Waals surface area contributed by atoms with Crippen LogP contribution in [0.2, 0.25) is 0 Å². The monoisotopic (exact) mass is 364 g/mol. The zero-order chi connectivity index (χ0) is 17.9. The van der Waals surface area contributed by atoms with Crippen molar-refractivity contribution in [2.24, 2.45) is 0 Å². The third kappa shape index (κ3) is 3.99. The molecule has 9 heteroatoms. The number of morpholine rings is 1. The van der Waals surface area contributed by atoms with Gasteiger partial charge in [0.1, 0.15) is 10.6 Å². The predicted octanol–water partition coefficient (Wildman–Crippen LogP) is 1.43. The minimum Gasteiger partial charge on any atom is -0.495 e. The van der Waals surface area contributed by atoms with Gasteiger partial charge in [0.25, 0.3) is 10.0 Å². The number of rotatable bonds is 5. The molecule has 1 aromatic heterocycles. The van der Waals surface area contributed by atoms with Gasteiger partial charge in [-0.05, 0) is 24.6 Å². The Kier molecular flexibility index (Phi) is 5.05. The van der Waals surface area contributed by atoms with Crippen LogP contribution in [0.5, 0.6) is 5.75 Å². The lowest BCUT2D eigenvalue weighted by atomic mass is 10.2. The maximum absolute atomic E-state index is 12.6. The molecule has 0 amide bonds. The maximum atomic E-state index is 12.6. The Morgan fingerprint density at radius 3 is 2.52 bits per heavy atom. The van der Waals surface area contributed by atoms with Crippen molar-refractivity contribution in [3.05, 3.63) is 36.2 Å². The van der Waals surface area contributed by atoms with Crippen LogP contribution in [-0.2, 0) is 14.8 Å². The Hall–Kier alpha value is -2.39. The van der Waals surface area contributed by atoms with E-state index in [2.05, 4.69) is 14.7 Å². The molecule has 0 unspecified atom stereocenters. The van der Waals surface area contributed by atoms with E-state index in [1.54, 1.807) is 18.2 Å². The number of anilines is 2. The Morgan fingerprint density at radius 1 is 1.20 bits per heavy atom. The van der Waals surface area contributed by atoms with E-state index in [1.165, 1.54) is 19.5 Å². The van der Waals surface area contributed by atoms with Crippen LogP contribution in [0.4, 0.5) is 11.6 Å². The molecule has 8 nitrogen and oxygen atoms in total. The Balaban J connectivity index is 1.80. The molecule has 1 fully saturated rings. The van der Waals surface area contributed by atoms with Crippen molar-refractivity contribution in [3.63, 3.8) is 0 Å². The normalized spacial score (nSPS) is 15.0. The van der Waals surface area contributed by atoms with Gasteiger partial charge in [-0.25, -0.2) is 18.4 Å². The fraction of sp³-hybridized carbons (Fsp3) is 0.375. The minimum atomic E-state index is -3.80. The highest BCUT2D eigenvalue weighted by atomic mass is 32.2. The van der Waals surface area contributed by atoms with Crippen molar-refractivity contribution in [2.75, 3.05) is 43.0 Å². The molecule has 1 aromatic carbocycles. The quantitative estimate of drug-likeness (QED) is 0.858. The lowest BCUT2D eigenvalue weighted by Gasteiger charge is -2.26. The summed E-state index contributed by atoms with van der Waals surface area (Å²) in [4.78, 5) is 10.6. The van der Waals surface area contributed by atoms with Crippen LogP contribution in [-0.4, -0.2) is 51.8 Å². The van der Waals surface area contributed by atoms with Crippen molar-refractivity contribution >= 4 is 21.7 Å². The van der Waals surface area contributed by atoms with E-state index in [9.17, 15) is 8.42 Å². The van der Waals surface area contributed by atoms with Crippen LogP contribution in [0.3, 0.4) is 0 Å². The van der Waals surface area contributed by atoms with Crippen molar-refractivity contribution in [2.45, 2.75) is 11.8 Å². The third-order valence-electron chi connectivity index (χ3n) is 3.79. The van der Waals surface area contributed by atoms with Crippen LogP contribution in [0.15, 0.2) is 35.5 Å². The molecule has 1 saturated heterocycles. The highest BCUT2D eigenvalue weighted by molar-refractivity contribution is 7.92. The minimum absolute atomic E-state index is 0.0762.